The molecule has 0 saturated heterocycles. The van der Waals surface area contributed by atoms with Crippen LogP contribution in [0, 0.1) is 11.3 Å². The normalized spacial score (nSPS) is 12.8. The molecule has 1 atom stereocenters. The van der Waals surface area contributed by atoms with E-state index in [1.54, 1.807) is 31.2 Å². The molecule has 8 nitrogen and oxygen atoms in total. The fourth-order valence-electron chi connectivity index (χ4n) is 2.82. The van der Waals surface area contributed by atoms with Crippen molar-refractivity contribution < 1.29 is 9.90 Å². The van der Waals surface area contributed by atoms with Gasteiger partial charge in [-0.1, -0.05) is 41.4 Å². The first-order chi connectivity index (χ1) is 13.7. The first kappa shape index (κ1) is 20.3. The lowest BCUT2D eigenvalue weighted by atomic mass is 9.77. The van der Waals surface area contributed by atoms with Crippen molar-refractivity contribution in [1.82, 2.24) is 14.8 Å². The van der Waals surface area contributed by atoms with Crippen LogP contribution in [-0.4, -0.2) is 25.8 Å². The number of nitrogens with zero attached hydrogens (tertiary/aromatic N) is 3. The van der Waals surface area contributed by atoms with Crippen LogP contribution < -0.4 is 11.2 Å². The minimum Gasteiger partial charge on any atom is -0.476 e. The van der Waals surface area contributed by atoms with E-state index in [2.05, 4.69) is 11.2 Å². The molecular formula is C19H12Cl2N4O4. The van der Waals surface area contributed by atoms with E-state index in [9.17, 15) is 19.6 Å². The molecule has 0 aliphatic carbocycles. The molecule has 0 radical (unpaired) electrons. The predicted octanol–water partition coefficient (Wildman–Crippen LogP) is 2.76. The Hall–Kier alpha value is -3.41. The van der Waals surface area contributed by atoms with Gasteiger partial charge >= 0.3 is 11.7 Å². The summed E-state index contributed by atoms with van der Waals surface area (Å²) in [5.41, 5.74) is -2.75. The monoisotopic (exact) mass is 430 g/mol. The summed E-state index contributed by atoms with van der Waals surface area (Å²) in [6, 6.07) is 13.3. The number of nitrogens with one attached hydrogen (secondary N) is 1. The summed E-state index contributed by atoms with van der Waals surface area (Å²) in [5, 5.41) is 23.1. The van der Waals surface area contributed by atoms with Gasteiger partial charge in [0.25, 0.3) is 5.56 Å². The molecule has 2 aromatic carbocycles. The van der Waals surface area contributed by atoms with Gasteiger partial charge in [0, 0.05) is 10.0 Å². The molecule has 146 valence electrons. The first-order valence-electron chi connectivity index (χ1n) is 8.12. The number of carboxylic acids is 1. The van der Waals surface area contributed by atoms with E-state index in [-0.39, 0.29) is 10.7 Å². The minimum absolute atomic E-state index is 0.124. The molecule has 3 aromatic rings. The Morgan fingerprint density at radius 1 is 1.21 bits per heavy atom. The number of hydrogen-bond donors (Lipinski definition) is 2. The number of aromatic nitrogens is 3. The van der Waals surface area contributed by atoms with Crippen molar-refractivity contribution in [3.05, 3.63) is 90.2 Å². The molecular weight excluding hydrogens is 419 g/mol. The second-order valence-electron chi connectivity index (χ2n) is 6.23. The zero-order chi connectivity index (χ0) is 21.3. The van der Waals surface area contributed by atoms with Gasteiger partial charge in [-0.2, -0.15) is 15.0 Å². The van der Waals surface area contributed by atoms with Crippen LogP contribution in [-0.2, 0) is 5.41 Å². The number of carboxylic acid groups (broad SMARTS) is 1. The zero-order valence-corrected chi connectivity index (χ0v) is 16.3. The van der Waals surface area contributed by atoms with Crippen molar-refractivity contribution in [3.8, 4) is 11.8 Å². The number of carbonyl (C=O) groups is 1. The zero-order valence-electron chi connectivity index (χ0n) is 14.8. The maximum absolute atomic E-state index is 12.1. The van der Waals surface area contributed by atoms with Gasteiger partial charge < -0.3 is 5.11 Å². The summed E-state index contributed by atoms with van der Waals surface area (Å²) in [4.78, 5) is 36.6. The van der Waals surface area contributed by atoms with Crippen LogP contribution in [0.25, 0.3) is 5.69 Å². The van der Waals surface area contributed by atoms with Crippen LogP contribution in [0.2, 0.25) is 10.0 Å². The quantitative estimate of drug-likeness (QED) is 0.654. The van der Waals surface area contributed by atoms with Crippen molar-refractivity contribution in [3.63, 3.8) is 0 Å². The average Bonchev–Trinajstić information content (AvgIpc) is 2.67. The van der Waals surface area contributed by atoms with Crippen LogP contribution >= 0.6 is 23.2 Å². The third-order valence-electron chi connectivity index (χ3n) is 4.41. The highest BCUT2D eigenvalue weighted by Crippen LogP contribution is 2.37. The molecule has 2 N–H and O–H groups in total. The fraction of sp³-hybridized carbons (Fsp3) is 0.105. The Balaban J connectivity index is 2.15. The lowest BCUT2D eigenvalue weighted by molar-refractivity contribution is 0.0685. The second kappa shape index (κ2) is 7.54. The second-order valence-corrected chi connectivity index (χ2v) is 7.08. The lowest BCUT2D eigenvalue weighted by Crippen LogP contribution is -2.35. The molecule has 0 fully saturated rings. The maximum Gasteiger partial charge on any atom is 0.362 e. The van der Waals surface area contributed by atoms with Gasteiger partial charge in [0.15, 0.2) is 0 Å². The molecule has 0 saturated carbocycles. The summed E-state index contributed by atoms with van der Waals surface area (Å²) in [6.07, 6.45) is 0. The van der Waals surface area contributed by atoms with Crippen molar-refractivity contribution >= 4 is 29.2 Å². The Morgan fingerprint density at radius 3 is 2.41 bits per heavy atom. The smallest absolute Gasteiger partial charge is 0.362 e. The Bertz CT molecular complexity index is 1280. The van der Waals surface area contributed by atoms with Gasteiger partial charge in [-0.3, -0.25) is 9.78 Å². The number of hydrogen-bond acceptors (Lipinski definition) is 5. The van der Waals surface area contributed by atoms with Gasteiger partial charge in [-0.05, 0) is 42.3 Å². The van der Waals surface area contributed by atoms with E-state index in [1.807, 2.05) is 4.98 Å². The summed E-state index contributed by atoms with van der Waals surface area (Å²) >= 11 is 12.3. The van der Waals surface area contributed by atoms with Crippen molar-refractivity contribution in [2.75, 3.05) is 0 Å². The molecule has 3 rings (SSSR count). The highest BCUT2D eigenvalue weighted by atomic mass is 35.5. The third-order valence-corrected chi connectivity index (χ3v) is 4.98. The molecule has 0 aliphatic rings. The molecule has 0 spiro atoms. The van der Waals surface area contributed by atoms with E-state index >= 15 is 0 Å². The predicted molar refractivity (Wildman–Crippen MR) is 106 cm³/mol. The minimum atomic E-state index is -1.58. The van der Waals surface area contributed by atoms with Crippen LogP contribution in [0.5, 0.6) is 0 Å². The number of aromatic amines is 1. The van der Waals surface area contributed by atoms with Crippen molar-refractivity contribution in [1.29, 1.82) is 5.26 Å². The van der Waals surface area contributed by atoms with Crippen LogP contribution in [0.4, 0.5) is 0 Å². The van der Waals surface area contributed by atoms with Crippen LogP contribution in [0.3, 0.4) is 0 Å². The van der Waals surface area contributed by atoms with Crippen molar-refractivity contribution in [2.24, 2.45) is 0 Å². The first-order valence-corrected chi connectivity index (χ1v) is 8.87. The lowest BCUT2D eigenvalue weighted by Gasteiger charge is -2.24. The molecule has 0 bridgehead atoms. The number of halogens is 2. The van der Waals surface area contributed by atoms with Gasteiger partial charge in [0.2, 0.25) is 5.69 Å². The topological polar surface area (TPSA) is 129 Å². The third kappa shape index (κ3) is 3.66. The standard InChI is InChI=1S/C19H12Cl2N4O4/c1-19(9-22,10-2-4-11(20)5-3-10)13-7-6-12(8-14(13)21)25-18(29)23-16(26)15(24-25)17(27)28/h2-8H,1H3,(H,27,28)(H,23,26,29). The molecule has 0 amide bonds. The van der Waals surface area contributed by atoms with Gasteiger partial charge in [-0.25, -0.2) is 9.59 Å². The van der Waals surface area contributed by atoms with E-state index in [4.69, 9.17) is 28.3 Å². The summed E-state index contributed by atoms with van der Waals surface area (Å²) in [7, 11) is 0. The molecule has 10 heteroatoms. The van der Waals surface area contributed by atoms with E-state index < -0.39 is 28.3 Å². The Kier molecular flexibility index (Phi) is 5.29. The molecule has 0 aliphatic heterocycles. The van der Waals surface area contributed by atoms with Crippen LogP contribution in [0.1, 0.15) is 28.5 Å². The number of rotatable bonds is 4. The van der Waals surface area contributed by atoms with Crippen molar-refractivity contribution in [2.45, 2.75) is 12.3 Å². The van der Waals surface area contributed by atoms with Gasteiger partial charge in [-0.15, -0.1) is 0 Å². The summed E-state index contributed by atoms with van der Waals surface area (Å²) < 4.78 is 0.715. The number of H-pyrrole nitrogens is 1. The SMILES string of the molecule is CC(C#N)(c1ccc(Cl)cc1)c1ccc(-n2nc(C(=O)O)c(=O)[nH]c2=O)cc1Cl. The summed E-state index contributed by atoms with van der Waals surface area (Å²) in [5.74, 6) is -1.58. The fourth-order valence-corrected chi connectivity index (χ4v) is 3.31. The van der Waals surface area contributed by atoms with E-state index in [0.717, 1.165) is 0 Å². The molecule has 1 unspecified atom stereocenters. The number of aromatic carboxylic acids is 1. The highest BCUT2D eigenvalue weighted by Gasteiger charge is 2.31. The van der Waals surface area contributed by atoms with E-state index in [0.29, 0.717) is 20.8 Å². The maximum atomic E-state index is 12.1. The summed E-state index contributed by atoms with van der Waals surface area (Å²) in [6.45, 7) is 1.68. The van der Waals surface area contributed by atoms with Gasteiger partial charge in [0.1, 0.15) is 5.41 Å². The van der Waals surface area contributed by atoms with Gasteiger partial charge in [0.05, 0.1) is 11.8 Å². The number of nitriles is 1. The van der Waals surface area contributed by atoms with Crippen LogP contribution in [0.15, 0.2) is 52.1 Å². The Labute approximate surface area is 173 Å². The van der Waals surface area contributed by atoms with E-state index in [1.165, 1.54) is 18.2 Å². The molecule has 1 aromatic heterocycles. The number of benzene rings is 2. The highest BCUT2D eigenvalue weighted by molar-refractivity contribution is 6.32. The average molecular weight is 431 g/mol. The molecule has 1 heterocycles. The molecule has 29 heavy (non-hydrogen) atoms. The Morgan fingerprint density at radius 2 is 1.86 bits per heavy atom. The largest absolute Gasteiger partial charge is 0.476 e.